The summed E-state index contributed by atoms with van der Waals surface area (Å²) in [6.07, 6.45) is 6.10. The molecule has 1 aromatic carbocycles. The van der Waals surface area contributed by atoms with Crippen molar-refractivity contribution in [2.45, 2.75) is 31.7 Å². The van der Waals surface area contributed by atoms with Gasteiger partial charge < -0.3 is 9.42 Å². The molecule has 5 nitrogen and oxygen atoms in total. The number of aromatic nitrogens is 2. The maximum atomic E-state index is 12.6. The molecule has 1 amide bonds. The second-order valence-electron chi connectivity index (χ2n) is 6.80. The first-order valence-electron chi connectivity index (χ1n) is 8.88. The molecule has 5 heteroatoms. The summed E-state index contributed by atoms with van der Waals surface area (Å²) in [5, 5.41) is 4.09. The summed E-state index contributed by atoms with van der Waals surface area (Å²) in [5.41, 5.74) is 4.42. The smallest absolute Gasteiger partial charge is 0.223 e. The summed E-state index contributed by atoms with van der Waals surface area (Å²) >= 11 is 0. The van der Waals surface area contributed by atoms with E-state index in [0.717, 1.165) is 24.1 Å². The first kappa shape index (κ1) is 16.5. The van der Waals surface area contributed by atoms with Crippen LogP contribution in [0.3, 0.4) is 0 Å². The number of benzene rings is 1. The Morgan fingerprint density at radius 2 is 2.04 bits per heavy atom. The van der Waals surface area contributed by atoms with Crippen LogP contribution in [-0.4, -0.2) is 28.0 Å². The van der Waals surface area contributed by atoms with Crippen molar-refractivity contribution in [2.75, 3.05) is 7.05 Å². The monoisotopic (exact) mass is 347 g/mol. The topological polar surface area (TPSA) is 59.2 Å². The Labute approximate surface area is 152 Å². The van der Waals surface area contributed by atoms with Gasteiger partial charge >= 0.3 is 0 Å². The fraction of sp³-hybridized carbons (Fsp3) is 0.286. The number of aryl methyl sites for hydroxylation is 1. The fourth-order valence-corrected chi connectivity index (χ4v) is 3.59. The lowest BCUT2D eigenvalue weighted by atomic mass is 9.97. The summed E-state index contributed by atoms with van der Waals surface area (Å²) in [7, 11) is 1.82. The van der Waals surface area contributed by atoms with Crippen molar-refractivity contribution in [1.82, 2.24) is 15.0 Å². The molecule has 1 atom stereocenters. The van der Waals surface area contributed by atoms with E-state index >= 15 is 0 Å². The zero-order valence-electron chi connectivity index (χ0n) is 14.8. The molecule has 132 valence electrons. The van der Waals surface area contributed by atoms with Crippen molar-refractivity contribution in [3.63, 3.8) is 0 Å². The van der Waals surface area contributed by atoms with Crippen molar-refractivity contribution in [3.05, 3.63) is 71.7 Å². The van der Waals surface area contributed by atoms with E-state index in [2.05, 4.69) is 34.4 Å². The molecule has 3 aromatic rings. The van der Waals surface area contributed by atoms with Crippen LogP contribution in [0.25, 0.3) is 11.3 Å². The molecule has 1 aliphatic carbocycles. The van der Waals surface area contributed by atoms with Crippen LogP contribution in [0.1, 0.15) is 35.6 Å². The standard InChI is InChI=1S/C21H21N3O2/c1-24(14-18-13-20(23-26-18)16-8-10-22-11-9-16)21(25)12-17-7-6-15-4-2-3-5-19(15)17/h2-5,8-11,13,17H,6-7,12,14H2,1H3/t17-/m1/s1. The van der Waals surface area contributed by atoms with Crippen molar-refractivity contribution in [2.24, 2.45) is 0 Å². The van der Waals surface area contributed by atoms with Crippen LogP contribution < -0.4 is 0 Å². The summed E-state index contributed by atoms with van der Waals surface area (Å²) in [6.45, 7) is 0.422. The molecule has 0 unspecified atom stereocenters. The van der Waals surface area contributed by atoms with Gasteiger partial charge in [0.25, 0.3) is 0 Å². The first-order chi connectivity index (χ1) is 12.7. The molecule has 0 fully saturated rings. The Morgan fingerprint density at radius 1 is 1.23 bits per heavy atom. The third-order valence-electron chi connectivity index (χ3n) is 5.03. The largest absolute Gasteiger partial charge is 0.359 e. The predicted octanol–water partition coefficient (Wildman–Crippen LogP) is 3.82. The third-order valence-corrected chi connectivity index (χ3v) is 5.03. The summed E-state index contributed by atoms with van der Waals surface area (Å²) in [6, 6.07) is 14.1. The van der Waals surface area contributed by atoms with E-state index in [1.807, 2.05) is 25.2 Å². The predicted molar refractivity (Wildman–Crippen MR) is 98.3 cm³/mol. The summed E-state index contributed by atoms with van der Waals surface area (Å²) < 4.78 is 5.40. The molecule has 0 spiro atoms. The highest BCUT2D eigenvalue weighted by molar-refractivity contribution is 5.77. The maximum Gasteiger partial charge on any atom is 0.223 e. The summed E-state index contributed by atoms with van der Waals surface area (Å²) in [4.78, 5) is 18.4. The van der Waals surface area contributed by atoms with Gasteiger partial charge in [-0.2, -0.15) is 0 Å². The lowest BCUT2D eigenvalue weighted by molar-refractivity contribution is -0.131. The third kappa shape index (κ3) is 3.38. The van der Waals surface area contributed by atoms with Crippen LogP contribution >= 0.6 is 0 Å². The summed E-state index contributed by atoms with van der Waals surface area (Å²) in [5.74, 6) is 1.14. The van der Waals surface area contributed by atoms with Crippen LogP contribution in [0.5, 0.6) is 0 Å². The Morgan fingerprint density at radius 3 is 2.88 bits per heavy atom. The van der Waals surface area contributed by atoms with Crippen molar-refractivity contribution >= 4 is 5.91 Å². The first-order valence-corrected chi connectivity index (χ1v) is 8.88. The van der Waals surface area contributed by atoms with E-state index in [1.165, 1.54) is 11.1 Å². The molecule has 0 saturated carbocycles. The maximum absolute atomic E-state index is 12.6. The Bertz CT molecular complexity index is 904. The average Bonchev–Trinajstić information content (AvgIpc) is 3.30. The van der Waals surface area contributed by atoms with E-state index < -0.39 is 0 Å². The number of carbonyl (C=O) groups excluding carboxylic acids is 1. The Balaban J connectivity index is 1.39. The van der Waals surface area contributed by atoms with Crippen LogP contribution in [0.15, 0.2) is 59.4 Å². The molecular weight excluding hydrogens is 326 g/mol. The highest BCUT2D eigenvalue weighted by Gasteiger charge is 2.25. The SMILES string of the molecule is CN(Cc1cc(-c2ccncc2)no1)C(=O)C[C@H]1CCc2ccccc21. The van der Waals surface area contributed by atoms with Gasteiger partial charge in [-0.3, -0.25) is 9.78 Å². The number of pyridine rings is 1. The molecule has 1 aliphatic rings. The van der Waals surface area contributed by atoms with E-state index in [4.69, 9.17) is 4.52 Å². The molecule has 2 heterocycles. The Hall–Kier alpha value is -2.95. The molecule has 0 bridgehead atoms. The molecule has 0 N–H and O–H groups in total. The minimum atomic E-state index is 0.133. The van der Waals surface area contributed by atoms with Crippen LogP contribution in [-0.2, 0) is 17.8 Å². The van der Waals surface area contributed by atoms with Crippen molar-refractivity contribution in [1.29, 1.82) is 0 Å². The Kier molecular flexibility index (Phi) is 4.52. The number of carbonyl (C=O) groups is 1. The van der Waals surface area contributed by atoms with Crippen molar-refractivity contribution in [3.8, 4) is 11.3 Å². The molecule has 4 rings (SSSR count). The van der Waals surface area contributed by atoms with Gasteiger partial charge in [0.2, 0.25) is 5.91 Å². The molecule has 2 aromatic heterocycles. The fourth-order valence-electron chi connectivity index (χ4n) is 3.59. The normalized spacial score (nSPS) is 15.7. The van der Waals surface area contributed by atoms with E-state index in [1.54, 1.807) is 17.3 Å². The molecule has 0 saturated heterocycles. The zero-order valence-corrected chi connectivity index (χ0v) is 14.8. The molecule has 0 aliphatic heterocycles. The van der Waals surface area contributed by atoms with Crippen LogP contribution in [0.2, 0.25) is 0 Å². The van der Waals surface area contributed by atoms with Gasteiger partial charge in [0.15, 0.2) is 5.76 Å². The van der Waals surface area contributed by atoms with Gasteiger partial charge in [0.1, 0.15) is 5.69 Å². The second-order valence-corrected chi connectivity index (χ2v) is 6.80. The van der Waals surface area contributed by atoms with Crippen LogP contribution in [0.4, 0.5) is 0 Å². The molecule has 26 heavy (non-hydrogen) atoms. The highest BCUT2D eigenvalue weighted by Crippen LogP contribution is 2.35. The van der Waals surface area contributed by atoms with Gasteiger partial charge in [-0.25, -0.2) is 0 Å². The van der Waals surface area contributed by atoms with E-state index in [-0.39, 0.29) is 5.91 Å². The van der Waals surface area contributed by atoms with Gasteiger partial charge in [-0.15, -0.1) is 0 Å². The minimum absolute atomic E-state index is 0.133. The zero-order chi connectivity index (χ0) is 17.9. The molecule has 0 radical (unpaired) electrons. The minimum Gasteiger partial charge on any atom is -0.359 e. The number of hydrogen-bond acceptors (Lipinski definition) is 4. The van der Waals surface area contributed by atoms with E-state index in [9.17, 15) is 4.79 Å². The number of fused-ring (bicyclic) bond motifs is 1. The van der Waals surface area contributed by atoms with Gasteiger partial charge in [0, 0.05) is 37.5 Å². The number of nitrogens with zero attached hydrogens (tertiary/aromatic N) is 3. The lowest BCUT2D eigenvalue weighted by Gasteiger charge is -2.18. The van der Waals surface area contributed by atoms with E-state index in [0.29, 0.717) is 24.6 Å². The quantitative estimate of drug-likeness (QED) is 0.704. The average molecular weight is 347 g/mol. The second kappa shape index (κ2) is 7.12. The van der Waals surface area contributed by atoms with Gasteiger partial charge in [-0.05, 0) is 42.0 Å². The number of hydrogen-bond donors (Lipinski definition) is 0. The van der Waals surface area contributed by atoms with Gasteiger partial charge in [-0.1, -0.05) is 29.4 Å². The molecular formula is C21H21N3O2. The highest BCUT2D eigenvalue weighted by atomic mass is 16.5. The van der Waals surface area contributed by atoms with Crippen LogP contribution in [0, 0.1) is 0 Å². The number of amides is 1. The number of rotatable bonds is 5. The lowest BCUT2D eigenvalue weighted by Crippen LogP contribution is -2.27. The van der Waals surface area contributed by atoms with Gasteiger partial charge in [0.05, 0.1) is 6.54 Å². The van der Waals surface area contributed by atoms with Crippen molar-refractivity contribution < 1.29 is 9.32 Å².